The van der Waals surface area contributed by atoms with Crippen LogP contribution in [0.4, 0.5) is 0 Å². The molecule has 2 nitrogen and oxygen atoms in total. The van der Waals surface area contributed by atoms with Crippen molar-refractivity contribution in [3.63, 3.8) is 0 Å². The Labute approximate surface area is 101 Å². The quantitative estimate of drug-likeness (QED) is 0.604. The molecule has 0 bridgehead atoms. The summed E-state index contributed by atoms with van der Waals surface area (Å²) in [5.74, 6) is 0. The molecule has 0 fully saturated rings. The SMILES string of the molecule is CC=C=C(C)[C@H](O)CO[Si](C)(C)C(C)(C)C. The molecule has 0 saturated heterocycles. The van der Waals surface area contributed by atoms with Crippen LogP contribution in [-0.4, -0.2) is 26.1 Å². The predicted molar refractivity (Wildman–Crippen MR) is 72.1 cm³/mol. The maximum Gasteiger partial charge on any atom is 0.192 e. The molecule has 0 rings (SSSR count). The molecule has 0 aromatic heterocycles. The van der Waals surface area contributed by atoms with Crippen LogP contribution in [0.2, 0.25) is 18.1 Å². The second-order valence-corrected chi connectivity index (χ2v) is 10.5. The van der Waals surface area contributed by atoms with Crippen molar-refractivity contribution in [2.24, 2.45) is 0 Å². The Kier molecular flexibility index (Phi) is 5.70. The van der Waals surface area contributed by atoms with Crippen molar-refractivity contribution in [1.29, 1.82) is 0 Å². The maximum atomic E-state index is 9.86. The Morgan fingerprint density at radius 2 is 1.94 bits per heavy atom. The van der Waals surface area contributed by atoms with Gasteiger partial charge >= 0.3 is 0 Å². The summed E-state index contributed by atoms with van der Waals surface area (Å²) >= 11 is 0. The van der Waals surface area contributed by atoms with Gasteiger partial charge < -0.3 is 9.53 Å². The van der Waals surface area contributed by atoms with Gasteiger partial charge in [0.05, 0.1) is 6.61 Å². The summed E-state index contributed by atoms with van der Waals surface area (Å²) in [5, 5.41) is 10.0. The molecule has 0 aromatic carbocycles. The molecule has 0 aliphatic rings. The predicted octanol–water partition coefficient (Wildman–Crippen LogP) is 3.49. The van der Waals surface area contributed by atoms with E-state index in [1.807, 2.05) is 19.9 Å². The van der Waals surface area contributed by atoms with Gasteiger partial charge in [0.2, 0.25) is 0 Å². The molecule has 0 unspecified atom stereocenters. The average molecular weight is 242 g/mol. The molecular formula is C13H26O2Si. The fourth-order valence-electron chi connectivity index (χ4n) is 0.953. The van der Waals surface area contributed by atoms with Crippen molar-refractivity contribution >= 4 is 8.32 Å². The zero-order chi connectivity index (χ0) is 13.0. The first-order chi connectivity index (χ1) is 7.12. The fraction of sp³-hybridized carbons (Fsp3) is 0.769. The van der Waals surface area contributed by atoms with E-state index in [0.29, 0.717) is 6.61 Å². The van der Waals surface area contributed by atoms with E-state index in [9.17, 15) is 5.11 Å². The number of hydrogen-bond acceptors (Lipinski definition) is 2. The van der Waals surface area contributed by atoms with Gasteiger partial charge in [-0.15, -0.1) is 5.73 Å². The summed E-state index contributed by atoms with van der Waals surface area (Å²) in [4.78, 5) is 0. The van der Waals surface area contributed by atoms with Crippen LogP contribution in [0.1, 0.15) is 34.6 Å². The number of aliphatic hydroxyl groups excluding tert-OH is 1. The van der Waals surface area contributed by atoms with E-state index in [-0.39, 0.29) is 5.04 Å². The van der Waals surface area contributed by atoms with Gasteiger partial charge in [0.25, 0.3) is 0 Å². The van der Waals surface area contributed by atoms with Crippen molar-refractivity contribution in [2.45, 2.75) is 58.9 Å². The van der Waals surface area contributed by atoms with Crippen LogP contribution in [0.5, 0.6) is 0 Å². The number of rotatable bonds is 4. The lowest BCUT2D eigenvalue weighted by molar-refractivity contribution is 0.127. The van der Waals surface area contributed by atoms with Crippen LogP contribution in [0.25, 0.3) is 0 Å². The third kappa shape index (κ3) is 4.66. The van der Waals surface area contributed by atoms with Crippen LogP contribution in [0.3, 0.4) is 0 Å². The fourth-order valence-corrected chi connectivity index (χ4v) is 1.96. The standard InChI is InChI=1S/C13H26O2Si/c1-8-9-11(2)12(14)10-15-16(6,7)13(3,4)5/h8,12,14H,10H2,1-7H3/t9?,12-/m1/s1. The summed E-state index contributed by atoms with van der Waals surface area (Å²) in [6.07, 6.45) is 1.27. The molecule has 0 saturated carbocycles. The lowest BCUT2D eigenvalue weighted by Crippen LogP contribution is -2.42. The van der Waals surface area contributed by atoms with Gasteiger partial charge in [0.15, 0.2) is 8.32 Å². The van der Waals surface area contributed by atoms with Crippen LogP contribution >= 0.6 is 0 Å². The number of hydrogen-bond donors (Lipinski definition) is 1. The Balaban J connectivity index is 4.42. The topological polar surface area (TPSA) is 29.5 Å². The zero-order valence-corrected chi connectivity index (χ0v) is 12.7. The maximum absolute atomic E-state index is 9.86. The van der Waals surface area contributed by atoms with Gasteiger partial charge in [-0.25, -0.2) is 0 Å². The van der Waals surface area contributed by atoms with Crippen molar-refractivity contribution < 1.29 is 9.53 Å². The summed E-state index contributed by atoms with van der Waals surface area (Å²) in [5.41, 5.74) is 3.83. The van der Waals surface area contributed by atoms with Crippen molar-refractivity contribution in [2.75, 3.05) is 6.61 Å². The Hall–Kier alpha value is -0.343. The third-order valence-electron chi connectivity index (χ3n) is 3.28. The highest BCUT2D eigenvalue weighted by atomic mass is 28.4. The molecule has 1 atom stereocenters. The largest absolute Gasteiger partial charge is 0.414 e. The first-order valence-electron chi connectivity index (χ1n) is 5.81. The van der Waals surface area contributed by atoms with Gasteiger partial charge in [-0.1, -0.05) is 20.8 Å². The minimum atomic E-state index is -1.75. The monoisotopic (exact) mass is 242 g/mol. The van der Waals surface area contributed by atoms with Crippen molar-refractivity contribution in [3.8, 4) is 0 Å². The van der Waals surface area contributed by atoms with Crippen molar-refractivity contribution in [1.82, 2.24) is 0 Å². The van der Waals surface area contributed by atoms with Crippen LogP contribution in [0.15, 0.2) is 17.4 Å². The van der Waals surface area contributed by atoms with E-state index in [1.54, 1.807) is 0 Å². The molecule has 16 heavy (non-hydrogen) atoms. The molecule has 1 N–H and O–H groups in total. The van der Waals surface area contributed by atoms with E-state index in [0.717, 1.165) is 5.57 Å². The minimum absolute atomic E-state index is 0.185. The molecule has 0 radical (unpaired) electrons. The highest BCUT2D eigenvalue weighted by molar-refractivity contribution is 6.74. The lowest BCUT2D eigenvalue weighted by atomic mass is 10.2. The van der Waals surface area contributed by atoms with Gasteiger partial charge in [-0.3, -0.25) is 0 Å². The summed E-state index contributed by atoms with van der Waals surface area (Å²) in [6.45, 7) is 15.1. The molecule has 0 spiro atoms. The zero-order valence-electron chi connectivity index (χ0n) is 11.7. The van der Waals surface area contributed by atoms with Gasteiger partial charge in [0.1, 0.15) is 6.10 Å². The molecular weight excluding hydrogens is 216 g/mol. The van der Waals surface area contributed by atoms with Crippen LogP contribution < -0.4 is 0 Å². The molecule has 0 aliphatic carbocycles. The summed E-state index contributed by atoms with van der Waals surface area (Å²) in [7, 11) is -1.75. The van der Waals surface area contributed by atoms with E-state index < -0.39 is 14.4 Å². The first-order valence-corrected chi connectivity index (χ1v) is 8.72. The minimum Gasteiger partial charge on any atom is -0.414 e. The molecule has 0 heterocycles. The third-order valence-corrected chi connectivity index (χ3v) is 7.78. The van der Waals surface area contributed by atoms with E-state index in [4.69, 9.17) is 4.43 Å². The second kappa shape index (κ2) is 5.83. The van der Waals surface area contributed by atoms with E-state index in [2.05, 4.69) is 39.6 Å². The molecule has 3 heteroatoms. The molecule has 0 aromatic rings. The number of aliphatic hydroxyl groups is 1. The van der Waals surface area contributed by atoms with E-state index >= 15 is 0 Å². The Bertz CT molecular complexity index is 281. The molecule has 0 amide bonds. The molecule has 0 aliphatic heterocycles. The smallest absolute Gasteiger partial charge is 0.192 e. The van der Waals surface area contributed by atoms with Crippen LogP contribution in [-0.2, 0) is 4.43 Å². The van der Waals surface area contributed by atoms with Gasteiger partial charge in [-0.2, -0.15) is 0 Å². The van der Waals surface area contributed by atoms with Crippen LogP contribution in [0, 0.1) is 0 Å². The van der Waals surface area contributed by atoms with E-state index in [1.165, 1.54) is 0 Å². The second-order valence-electron chi connectivity index (χ2n) is 5.70. The first kappa shape index (κ1) is 15.7. The van der Waals surface area contributed by atoms with Gasteiger partial charge in [0, 0.05) is 0 Å². The molecule has 94 valence electrons. The normalized spacial score (nSPS) is 14.2. The Morgan fingerprint density at radius 3 is 2.31 bits per heavy atom. The average Bonchev–Trinajstić information content (AvgIpc) is 2.12. The summed E-state index contributed by atoms with van der Waals surface area (Å²) in [6, 6.07) is 0. The summed E-state index contributed by atoms with van der Waals surface area (Å²) < 4.78 is 5.94. The Morgan fingerprint density at radius 1 is 1.44 bits per heavy atom. The van der Waals surface area contributed by atoms with Crippen molar-refractivity contribution in [3.05, 3.63) is 17.4 Å². The highest BCUT2D eigenvalue weighted by Crippen LogP contribution is 2.36. The lowest BCUT2D eigenvalue weighted by Gasteiger charge is -2.36. The van der Waals surface area contributed by atoms with Gasteiger partial charge in [-0.05, 0) is 43.6 Å². The highest BCUT2D eigenvalue weighted by Gasteiger charge is 2.37.